The summed E-state index contributed by atoms with van der Waals surface area (Å²) < 4.78 is 5.69. The SMILES string of the molecule is c1ccc(COc2ccc(-c3ccc(NCCN4CCCC4)nc3)nn2)cc1. The van der Waals surface area contributed by atoms with Crippen LogP contribution in [0.4, 0.5) is 5.82 Å². The number of hydrogen-bond donors (Lipinski definition) is 1. The monoisotopic (exact) mass is 375 g/mol. The minimum Gasteiger partial charge on any atom is -0.472 e. The van der Waals surface area contributed by atoms with Crippen LogP contribution in [0.25, 0.3) is 11.3 Å². The third-order valence-corrected chi connectivity index (χ3v) is 4.86. The molecule has 0 saturated carbocycles. The predicted molar refractivity (Wildman–Crippen MR) is 110 cm³/mol. The van der Waals surface area contributed by atoms with Gasteiger partial charge in [-0.05, 0) is 49.7 Å². The van der Waals surface area contributed by atoms with E-state index < -0.39 is 0 Å². The molecule has 0 spiro atoms. The van der Waals surface area contributed by atoms with Crippen LogP contribution in [-0.2, 0) is 6.61 Å². The van der Waals surface area contributed by atoms with E-state index >= 15 is 0 Å². The van der Waals surface area contributed by atoms with E-state index in [1.807, 2.05) is 60.8 Å². The van der Waals surface area contributed by atoms with Crippen molar-refractivity contribution in [3.8, 4) is 17.1 Å². The van der Waals surface area contributed by atoms with Crippen molar-refractivity contribution < 1.29 is 4.74 Å². The van der Waals surface area contributed by atoms with Gasteiger partial charge in [0, 0.05) is 30.9 Å². The molecule has 0 atom stereocenters. The lowest BCUT2D eigenvalue weighted by atomic mass is 10.2. The first-order chi connectivity index (χ1) is 13.9. The summed E-state index contributed by atoms with van der Waals surface area (Å²) in [6.45, 7) is 4.91. The molecule has 6 heteroatoms. The van der Waals surface area contributed by atoms with Gasteiger partial charge in [-0.15, -0.1) is 10.2 Å². The van der Waals surface area contributed by atoms with Crippen LogP contribution in [0.1, 0.15) is 18.4 Å². The molecular weight excluding hydrogens is 350 g/mol. The second kappa shape index (κ2) is 9.28. The Bertz CT molecular complexity index is 846. The molecule has 0 radical (unpaired) electrons. The molecule has 0 bridgehead atoms. The van der Waals surface area contributed by atoms with E-state index in [-0.39, 0.29) is 0 Å². The standard InChI is InChI=1S/C22H25N5O/c1-2-6-18(7-3-1)17-28-22-11-9-20(25-26-22)19-8-10-21(24-16-19)23-12-15-27-13-4-5-14-27/h1-3,6-11,16H,4-5,12-15,17H2,(H,23,24). The number of nitrogens with one attached hydrogen (secondary N) is 1. The summed E-state index contributed by atoms with van der Waals surface area (Å²) in [7, 11) is 0. The van der Waals surface area contributed by atoms with Gasteiger partial charge in [0.1, 0.15) is 12.4 Å². The first-order valence-electron chi connectivity index (χ1n) is 9.80. The summed E-state index contributed by atoms with van der Waals surface area (Å²) in [4.78, 5) is 6.97. The summed E-state index contributed by atoms with van der Waals surface area (Å²) in [6.07, 6.45) is 4.47. The van der Waals surface area contributed by atoms with Crippen molar-refractivity contribution >= 4 is 5.82 Å². The topological polar surface area (TPSA) is 63.2 Å². The fraction of sp³-hybridized carbons (Fsp3) is 0.318. The van der Waals surface area contributed by atoms with Crippen molar-refractivity contribution in [2.45, 2.75) is 19.4 Å². The molecule has 144 valence electrons. The number of anilines is 1. The molecule has 3 aromatic rings. The molecule has 0 unspecified atom stereocenters. The van der Waals surface area contributed by atoms with E-state index in [2.05, 4.69) is 25.4 Å². The van der Waals surface area contributed by atoms with Crippen LogP contribution in [-0.4, -0.2) is 46.3 Å². The molecule has 0 aliphatic carbocycles. The largest absolute Gasteiger partial charge is 0.472 e. The minimum atomic E-state index is 0.480. The smallest absolute Gasteiger partial charge is 0.233 e. The van der Waals surface area contributed by atoms with Crippen LogP contribution in [0, 0.1) is 0 Å². The number of likely N-dealkylation sites (tertiary alicyclic amines) is 1. The van der Waals surface area contributed by atoms with Crippen molar-refractivity contribution in [1.29, 1.82) is 0 Å². The predicted octanol–water partition coefficient (Wildman–Crippen LogP) is 3.63. The number of benzene rings is 1. The van der Waals surface area contributed by atoms with Crippen LogP contribution in [0.3, 0.4) is 0 Å². The molecule has 0 amide bonds. The molecule has 4 rings (SSSR count). The quantitative estimate of drug-likeness (QED) is 0.649. The normalized spacial score (nSPS) is 14.1. The third-order valence-electron chi connectivity index (χ3n) is 4.86. The van der Waals surface area contributed by atoms with E-state index in [1.54, 1.807) is 0 Å². The highest BCUT2D eigenvalue weighted by atomic mass is 16.5. The number of ether oxygens (including phenoxy) is 1. The lowest BCUT2D eigenvalue weighted by molar-refractivity contribution is 0.290. The van der Waals surface area contributed by atoms with Gasteiger partial charge in [0.05, 0.1) is 5.69 Å². The average molecular weight is 375 g/mol. The lowest BCUT2D eigenvalue weighted by Crippen LogP contribution is -2.26. The summed E-state index contributed by atoms with van der Waals surface area (Å²) in [5.41, 5.74) is 2.82. The molecular formula is C22H25N5O. The number of hydrogen-bond acceptors (Lipinski definition) is 6. The van der Waals surface area contributed by atoms with Gasteiger partial charge in [0.2, 0.25) is 5.88 Å². The zero-order chi connectivity index (χ0) is 19.0. The van der Waals surface area contributed by atoms with Crippen molar-refractivity contribution in [3.63, 3.8) is 0 Å². The van der Waals surface area contributed by atoms with E-state index in [0.29, 0.717) is 12.5 Å². The Morgan fingerprint density at radius 3 is 2.50 bits per heavy atom. The maximum atomic E-state index is 5.69. The molecule has 6 nitrogen and oxygen atoms in total. The van der Waals surface area contributed by atoms with Gasteiger partial charge < -0.3 is 15.0 Å². The molecule has 1 aliphatic rings. The van der Waals surface area contributed by atoms with Crippen LogP contribution in [0.2, 0.25) is 0 Å². The Morgan fingerprint density at radius 2 is 1.79 bits per heavy atom. The molecule has 3 heterocycles. The zero-order valence-corrected chi connectivity index (χ0v) is 15.9. The molecule has 1 aliphatic heterocycles. The fourth-order valence-corrected chi connectivity index (χ4v) is 3.28. The zero-order valence-electron chi connectivity index (χ0n) is 15.9. The second-order valence-corrected chi connectivity index (χ2v) is 6.94. The maximum Gasteiger partial charge on any atom is 0.233 e. The Morgan fingerprint density at radius 1 is 0.929 bits per heavy atom. The van der Waals surface area contributed by atoms with Gasteiger partial charge in [0.25, 0.3) is 0 Å². The second-order valence-electron chi connectivity index (χ2n) is 6.94. The van der Waals surface area contributed by atoms with Crippen LogP contribution in [0.15, 0.2) is 60.8 Å². The summed E-state index contributed by atoms with van der Waals surface area (Å²) in [5.74, 6) is 1.40. The third kappa shape index (κ3) is 5.04. The molecule has 1 fully saturated rings. The first-order valence-corrected chi connectivity index (χ1v) is 9.80. The van der Waals surface area contributed by atoms with Crippen LogP contribution >= 0.6 is 0 Å². The van der Waals surface area contributed by atoms with Crippen molar-refractivity contribution in [3.05, 3.63) is 66.4 Å². The van der Waals surface area contributed by atoms with Crippen molar-refractivity contribution in [2.75, 3.05) is 31.5 Å². The number of rotatable bonds is 8. The van der Waals surface area contributed by atoms with E-state index in [4.69, 9.17) is 4.74 Å². The molecule has 1 aromatic carbocycles. The van der Waals surface area contributed by atoms with Crippen molar-refractivity contribution in [2.24, 2.45) is 0 Å². The highest BCUT2D eigenvalue weighted by molar-refractivity contribution is 5.59. The Balaban J connectivity index is 1.28. The number of pyridine rings is 1. The van der Waals surface area contributed by atoms with E-state index in [0.717, 1.165) is 35.7 Å². The van der Waals surface area contributed by atoms with E-state index in [1.165, 1.54) is 25.9 Å². The highest BCUT2D eigenvalue weighted by Gasteiger charge is 2.10. The van der Waals surface area contributed by atoms with Gasteiger partial charge in [-0.3, -0.25) is 0 Å². The highest BCUT2D eigenvalue weighted by Crippen LogP contribution is 2.19. The van der Waals surface area contributed by atoms with Crippen molar-refractivity contribution in [1.82, 2.24) is 20.1 Å². The van der Waals surface area contributed by atoms with Crippen LogP contribution < -0.4 is 10.1 Å². The fourth-order valence-electron chi connectivity index (χ4n) is 3.28. The summed E-state index contributed by atoms with van der Waals surface area (Å²) >= 11 is 0. The minimum absolute atomic E-state index is 0.480. The molecule has 1 saturated heterocycles. The van der Waals surface area contributed by atoms with Crippen LogP contribution in [0.5, 0.6) is 5.88 Å². The molecule has 1 N–H and O–H groups in total. The van der Waals surface area contributed by atoms with Gasteiger partial charge in [-0.1, -0.05) is 30.3 Å². The van der Waals surface area contributed by atoms with Gasteiger partial charge in [0.15, 0.2) is 0 Å². The molecule has 2 aromatic heterocycles. The first kappa shape index (κ1) is 18.4. The summed E-state index contributed by atoms with van der Waals surface area (Å²) in [6, 6.07) is 17.8. The van der Waals surface area contributed by atoms with Gasteiger partial charge in [-0.25, -0.2) is 4.98 Å². The molecule has 28 heavy (non-hydrogen) atoms. The van der Waals surface area contributed by atoms with Gasteiger partial charge >= 0.3 is 0 Å². The lowest BCUT2D eigenvalue weighted by Gasteiger charge is -2.15. The Hall–Kier alpha value is -2.99. The van der Waals surface area contributed by atoms with Gasteiger partial charge in [-0.2, -0.15) is 0 Å². The maximum absolute atomic E-state index is 5.69. The Labute approximate surface area is 165 Å². The average Bonchev–Trinajstić information content (AvgIpc) is 3.28. The summed E-state index contributed by atoms with van der Waals surface area (Å²) in [5, 5.41) is 11.8. The van der Waals surface area contributed by atoms with E-state index in [9.17, 15) is 0 Å². The number of aromatic nitrogens is 3. The number of nitrogens with zero attached hydrogens (tertiary/aromatic N) is 4. The Kier molecular flexibility index (Phi) is 6.09.